The first-order valence-electron chi connectivity index (χ1n) is 6.26. The lowest BCUT2D eigenvalue weighted by Crippen LogP contribution is -2.45. The maximum absolute atomic E-state index is 11.7. The number of esters is 1. The van der Waals surface area contributed by atoms with E-state index >= 15 is 0 Å². The number of carbonyl (C=O) groups is 2. The largest absolute Gasteiger partial charge is 0.467 e. The molecule has 1 amide bonds. The molecule has 1 rings (SSSR count). The third-order valence-electron chi connectivity index (χ3n) is 2.84. The highest BCUT2D eigenvalue weighted by atomic mass is 16.6. The lowest BCUT2D eigenvalue weighted by Gasteiger charge is -2.20. The van der Waals surface area contributed by atoms with E-state index in [1.54, 1.807) is 13.0 Å². The molecule has 5 heteroatoms. The van der Waals surface area contributed by atoms with Crippen molar-refractivity contribution in [3.05, 3.63) is 48.6 Å². The van der Waals surface area contributed by atoms with Crippen molar-refractivity contribution >= 4 is 12.1 Å². The molecular formula is C15H19NO4. The number of rotatable bonds is 6. The first-order chi connectivity index (χ1) is 9.58. The summed E-state index contributed by atoms with van der Waals surface area (Å²) in [6.45, 7) is 5.50. The molecule has 5 nitrogen and oxygen atoms in total. The second-order valence-electron chi connectivity index (χ2n) is 4.30. The Morgan fingerprint density at radius 3 is 2.55 bits per heavy atom. The molecule has 0 fully saturated rings. The molecule has 0 saturated carbocycles. The molecule has 0 radical (unpaired) electrons. The van der Waals surface area contributed by atoms with Gasteiger partial charge in [0.05, 0.1) is 7.11 Å². The van der Waals surface area contributed by atoms with Crippen LogP contribution in [-0.2, 0) is 20.9 Å². The van der Waals surface area contributed by atoms with Gasteiger partial charge in [0.15, 0.2) is 0 Å². The Morgan fingerprint density at radius 2 is 2.00 bits per heavy atom. The summed E-state index contributed by atoms with van der Waals surface area (Å²) in [4.78, 5) is 23.3. The van der Waals surface area contributed by atoms with Crippen molar-refractivity contribution in [2.24, 2.45) is 5.92 Å². The zero-order chi connectivity index (χ0) is 15.0. The topological polar surface area (TPSA) is 64.6 Å². The fraction of sp³-hybridized carbons (Fsp3) is 0.333. The number of ether oxygens (including phenoxy) is 2. The molecule has 108 valence electrons. The average Bonchev–Trinajstić information content (AvgIpc) is 2.50. The number of hydrogen-bond donors (Lipinski definition) is 1. The standard InChI is InChI=1S/C15H19NO4/c1-4-11(2)13(14(17)19-3)16-15(18)20-10-12-8-6-5-7-9-12/h4-9,11,13H,1,10H2,2-3H3,(H,16,18)/t11-,13-/m1/s1. The Kier molecular flexibility index (Phi) is 6.29. The summed E-state index contributed by atoms with van der Waals surface area (Å²) in [5.41, 5.74) is 0.869. The summed E-state index contributed by atoms with van der Waals surface area (Å²) in [6.07, 6.45) is 0.900. The Morgan fingerprint density at radius 1 is 1.35 bits per heavy atom. The van der Waals surface area contributed by atoms with Gasteiger partial charge < -0.3 is 14.8 Å². The quantitative estimate of drug-likeness (QED) is 0.640. The van der Waals surface area contributed by atoms with E-state index in [1.165, 1.54) is 7.11 Å². The van der Waals surface area contributed by atoms with E-state index in [2.05, 4.69) is 16.6 Å². The zero-order valence-corrected chi connectivity index (χ0v) is 11.7. The molecule has 0 aliphatic heterocycles. The molecule has 0 spiro atoms. The van der Waals surface area contributed by atoms with Crippen molar-refractivity contribution in [2.45, 2.75) is 19.6 Å². The van der Waals surface area contributed by atoms with Crippen molar-refractivity contribution < 1.29 is 19.1 Å². The number of nitrogens with one attached hydrogen (secondary N) is 1. The molecule has 0 aliphatic rings. The molecule has 0 aromatic heterocycles. The van der Waals surface area contributed by atoms with Gasteiger partial charge in [0, 0.05) is 5.92 Å². The SMILES string of the molecule is C=C[C@@H](C)[C@@H](NC(=O)OCc1ccccc1)C(=O)OC. The molecule has 0 aliphatic carbocycles. The average molecular weight is 277 g/mol. The van der Waals surface area contributed by atoms with Crippen LogP contribution in [0.3, 0.4) is 0 Å². The van der Waals surface area contributed by atoms with E-state index in [0.29, 0.717) is 0 Å². The Labute approximate surface area is 118 Å². The predicted octanol–water partition coefficient (Wildman–Crippen LogP) is 2.28. The van der Waals surface area contributed by atoms with E-state index in [-0.39, 0.29) is 12.5 Å². The molecule has 1 N–H and O–H groups in total. The van der Waals surface area contributed by atoms with Crippen LogP contribution in [-0.4, -0.2) is 25.2 Å². The van der Waals surface area contributed by atoms with Gasteiger partial charge in [-0.25, -0.2) is 9.59 Å². The van der Waals surface area contributed by atoms with Gasteiger partial charge in [-0.1, -0.05) is 43.3 Å². The number of amides is 1. The second kappa shape index (κ2) is 7.99. The van der Waals surface area contributed by atoms with Gasteiger partial charge in [0.1, 0.15) is 12.6 Å². The number of methoxy groups -OCH3 is 1. The Bertz CT molecular complexity index is 458. The van der Waals surface area contributed by atoms with Crippen LogP contribution in [0.25, 0.3) is 0 Å². The summed E-state index contributed by atoms with van der Waals surface area (Å²) in [5, 5.41) is 2.48. The highest BCUT2D eigenvalue weighted by Gasteiger charge is 2.26. The second-order valence-corrected chi connectivity index (χ2v) is 4.30. The Hall–Kier alpha value is -2.30. The minimum absolute atomic E-state index is 0.142. The third-order valence-corrected chi connectivity index (χ3v) is 2.84. The van der Waals surface area contributed by atoms with Gasteiger partial charge in [0.25, 0.3) is 0 Å². The van der Waals surface area contributed by atoms with E-state index in [1.807, 2.05) is 30.3 Å². The smallest absolute Gasteiger partial charge is 0.408 e. The van der Waals surface area contributed by atoms with E-state index in [4.69, 9.17) is 4.74 Å². The molecule has 0 heterocycles. The maximum atomic E-state index is 11.7. The number of alkyl carbamates (subject to hydrolysis) is 1. The van der Waals surface area contributed by atoms with Gasteiger partial charge in [-0.2, -0.15) is 0 Å². The summed E-state index contributed by atoms with van der Waals surface area (Å²) >= 11 is 0. The first kappa shape index (κ1) is 15.8. The van der Waals surface area contributed by atoms with Crippen LogP contribution in [0.4, 0.5) is 4.79 Å². The molecule has 0 unspecified atom stereocenters. The number of benzene rings is 1. The monoisotopic (exact) mass is 277 g/mol. The van der Waals surface area contributed by atoms with Gasteiger partial charge in [-0.3, -0.25) is 0 Å². The lowest BCUT2D eigenvalue weighted by molar-refractivity contribution is -0.143. The van der Waals surface area contributed by atoms with Crippen molar-refractivity contribution in [1.82, 2.24) is 5.32 Å². The molecule has 0 bridgehead atoms. The molecule has 20 heavy (non-hydrogen) atoms. The fourth-order valence-corrected chi connectivity index (χ4v) is 1.56. The molecule has 2 atom stereocenters. The van der Waals surface area contributed by atoms with Crippen LogP contribution in [0.5, 0.6) is 0 Å². The van der Waals surface area contributed by atoms with Crippen LogP contribution in [0.1, 0.15) is 12.5 Å². The predicted molar refractivity (Wildman–Crippen MR) is 74.9 cm³/mol. The molecular weight excluding hydrogens is 258 g/mol. The minimum Gasteiger partial charge on any atom is -0.467 e. The van der Waals surface area contributed by atoms with Crippen LogP contribution in [0, 0.1) is 5.92 Å². The van der Waals surface area contributed by atoms with E-state index < -0.39 is 18.1 Å². The molecule has 1 aromatic rings. The number of hydrogen-bond acceptors (Lipinski definition) is 4. The summed E-state index contributed by atoms with van der Waals surface area (Å²) < 4.78 is 9.70. The van der Waals surface area contributed by atoms with Crippen molar-refractivity contribution in [3.8, 4) is 0 Å². The summed E-state index contributed by atoms with van der Waals surface area (Å²) in [7, 11) is 1.27. The highest BCUT2D eigenvalue weighted by Crippen LogP contribution is 2.07. The van der Waals surface area contributed by atoms with Crippen molar-refractivity contribution in [1.29, 1.82) is 0 Å². The van der Waals surface area contributed by atoms with Gasteiger partial charge in [-0.05, 0) is 5.56 Å². The van der Waals surface area contributed by atoms with Crippen LogP contribution in [0.2, 0.25) is 0 Å². The van der Waals surface area contributed by atoms with Gasteiger partial charge in [-0.15, -0.1) is 6.58 Å². The fourth-order valence-electron chi connectivity index (χ4n) is 1.56. The Balaban J connectivity index is 2.54. The van der Waals surface area contributed by atoms with E-state index in [9.17, 15) is 9.59 Å². The van der Waals surface area contributed by atoms with Gasteiger partial charge in [0.2, 0.25) is 0 Å². The molecule has 1 aromatic carbocycles. The van der Waals surface area contributed by atoms with Crippen molar-refractivity contribution in [2.75, 3.05) is 7.11 Å². The normalized spacial score (nSPS) is 12.9. The minimum atomic E-state index is -0.805. The third kappa shape index (κ3) is 4.76. The van der Waals surface area contributed by atoms with Gasteiger partial charge >= 0.3 is 12.1 Å². The maximum Gasteiger partial charge on any atom is 0.408 e. The summed E-state index contributed by atoms with van der Waals surface area (Å²) in [6, 6.07) is 8.47. The first-order valence-corrected chi connectivity index (χ1v) is 6.26. The van der Waals surface area contributed by atoms with E-state index in [0.717, 1.165) is 5.56 Å². The van der Waals surface area contributed by atoms with Crippen LogP contribution in [0.15, 0.2) is 43.0 Å². The van der Waals surface area contributed by atoms with Crippen LogP contribution < -0.4 is 5.32 Å². The highest BCUT2D eigenvalue weighted by molar-refractivity contribution is 5.81. The zero-order valence-electron chi connectivity index (χ0n) is 11.7. The number of carbonyl (C=O) groups excluding carboxylic acids is 2. The van der Waals surface area contributed by atoms with Crippen LogP contribution >= 0.6 is 0 Å². The van der Waals surface area contributed by atoms with Crippen molar-refractivity contribution in [3.63, 3.8) is 0 Å². The molecule has 0 saturated heterocycles. The summed E-state index contributed by atoms with van der Waals surface area (Å²) in [5.74, 6) is -0.791. The lowest BCUT2D eigenvalue weighted by atomic mass is 10.0.